The maximum absolute atomic E-state index is 13.2. The minimum absolute atomic E-state index is 0.0228. The number of benzene rings is 1. The zero-order valence-corrected chi connectivity index (χ0v) is 16.9. The highest BCUT2D eigenvalue weighted by molar-refractivity contribution is 5.79. The highest BCUT2D eigenvalue weighted by atomic mass is 16.5. The van der Waals surface area contributed by atoms with Crippen LogP contribution in [0.25, 0.3) is 0 Å². The quantitative estimate of drug-likeness (QED) is 0.678. The number of pyridine rings is 1. The van der Waals surface area contributed by atoms with Gasteiger partial charge in [0.05, 0.1) is 17.7 Å². The molecule has 0 radical (unpaired) electrons. The molecule has 3 atom stereocenters. The SMILES string of the molecule is CCOC(=O)[C@]1(Cc2ccccc2)C[C@@H]2CC[C@H]1N2Cc1ccc(CC)cn1. The summed E-state index contributed by atoms with van der Waals surface area (Å²) >= 11 is 0. The molecule has 0 amide bonds. The molecule has 2 bridgehead atoms. The van der Waals surface area contributed by atoms with Gasteiger partial charge in [-0.3, -0.25) is 14.7 Å². The second-order valence-corrected chi connectivity index (χ2v) is 8.17. The van der Waals surface area contributed by atoms with Crippen LogP contribution in [0.4, 0.5) is 0 Å². The van der Waals surface area contributed by atoms with E-state index < -0.39 is 5.41 Å². The van der Waals surface area contributed by atoms with Crippen molar-refractivity contribution in [2.45, 2.75) is 64.6 Å². The minimum atomic E-state index is -0.441. The Morgan fingerprint density at radius 2 is 1.96 bits per heavy atom. The topological polar surface area (TPSA) is 42.4 Å². The Labute approximate surface area is 167 Å². The van der Waals surface area contributed by atoms with E-state index in [9.17, 15) is 4.79 Å². The predicted molar refractivity (Wildman–Crippen MR) is 110 cm³/mol. The van der Waals surface area contributed by atoms with E-state index in [2.05, 4.69) is 53.2 Å². The molecule has 0 aliphatic carbocycles. The Morgan fingerprint density at radius 1 is 1.14 bits per heavy atom. The van der Waals surface area contributed by atoms with Crippen LogP contribution in [-0.2, 0) is 28.9 Å². The van der Waals surface area contributed by atoms with Crippen LogP contribution in [0.5, 0.6) is 0 Å². The fourth-order valence-corrected chi connectivity index (χ4v) is 5.21. The monoisotopic (exact) mass is 378 g/mol. The van der Waals surface area contributed by atoms with Gasteiger partial charge in [-0.2, -0.15) is 0 Å². The van der Waals surface area contributed by atoms with E-state index in [-0.39, 0.29) is 12.0 Å². The van der Waals surface area contributed by atoms with Gasteiger partial charge in [0.2, 0.25) is 0 Å². The summed E-state index contributed by atoms with van der Waals surface area (Å²) in [7, 11) is 0. The first kappa shape index (κ1) is 19.1. The summed E-state index contributed by atoms with van der Waals surface area (Å²) in [6.07, 6.45) is 6.85. The fourth-order valence-electron chi connectivity index (χ4n) is 5.21. The van der Waals surface area contributed by atoms with Gasteiger partial charge in [0.15, 0.2) is 0 Å². The first-order valence-electron chi connectivity index (χ1n) is 10.6. The number of fused-ring (bicyclic) bond motifs is 2. The van der Waals surface area contributed by atoms with Gasteiger partial charge in [0.1, 0.15) is 0 Å². The predicted octanol–water partition coefficient (Wildman–Crippen LogP) is 4.17. The Morgan fingerprint density at radius 3 is 2.64 bits per heavy atom. The lowest BCUT2D eigenvalue weighted by molar-refractivity contribution is -0.157. The molecule has 2 aromatic rings. The Balaban J connectivity index is 1.60. The molecular weight excluding hydrogens is 348 g/mol. The van der Waals surface area contributed by atoms with Crippen molar-refractivity contribution >= 4 is 5.97 Å². The summed E-state index contributed by atoms with van der Waals surface area (Å²) in [4.78, 5) is 20.4. The minimum Gasteiger partial charge on any atom is -0.466 e. The number of esters is 1. The molecule has 2 saturated heterocycles. The van der Waals surface area contributed by atoms with Gasteiger partial charge in [-0.1, -0.05) is 43.3 Å². The molecule has 2 aliphatic heterocycles. The summed E-state index contributed by atoms with van der Waals surface area (Å²) in [5.41, 5.74) is 3.13. The van der Waals surface area contributed by atoms with Crippen molar-refractivity contribution in [2.24, 2.45) is 5.41 Å². The van der Waals surface area contributed by atoms with Gasteiger partial charge in [-0.05, 0) is 56.2 Å². The van der Waals surface area contributed by atoms with Crippen molar-refractivity contribution in [3.05, 3.63) is 65.5 Å². The third-order valence-corrected chi connectivity index (χ3v) is 6.56. The van der Waals surface area contributed by atoms with E-state index in [4.69, 9.17) is 4.74 Å². The molecule has 148 valence electrons. The van der Waals surface area contributed by atoms with E-state index in [0.29, 0.717) is 12.6 Å². The molecule has 1 aromatic heterocycles. The molecular formula is C24H30N2O2. The lowest BCUT2D eigenvalue weighted by Gasteiger charge is -2.35. The van der Waals surface area contributed by atoms with E-state index in [1.807, 2.05) is 19.2 Å². The molecule has 4 heteroatoms. The van der Waals surface area contributed by atoms with Crippen LogP contribution in [0.1, 0.15) is 49.9 Å². The van der Waals surface area contributed by atoms with E-state index in [1.54, 1.807) is 0 Å². The van der Waals surface area contributed by atoms with Crippen LogP contribution >= 0.6 is 0 Å². The van der Waals surface area contributed by atoms with Crippen LogP contribution < -0.4 is 0 Å². The number of hydrogen-bond acceptors (Lipinski definition) is 4. The molecule has 4 rings (SSSR count). The standard InChI is InChI=1S/C24H30N2O2/c1-3-18-10-11-20(25-16-18)17-26-21-12-13-22(26)24(15-21,23(27)28-4-2)14-19-8-6-5-7-9-19/h5-11,16,21-22H,3-4,12-15,17H2,1-2H3/t21-,22+,24+/m0/s1. The van der Waals surface area contributed by atoms with Crippen LogP contribution in [0.3, 0.4) is 0 Å². The number of hydrogen-bond donors (Lipinski definition) is 0. The highest BCUT2D eigenvalue weighted by Gasteiger charge is 2.60. The normalized spacial score (nSPS) is 26.5. The number of carbonyl (C=O) groups is 1. The second-order valence-electron chi connectivity index (χ2n) is 8.17. The molecule has 28 heavy (non-hydrogen) atoms. The summed E-state index contributed by atoms with van der Waals surface area (Å²) in [6, 6.07) is 15.4. The van der Waals surface area contributed by atoms with Crippen LogP contribution in [-0.4, -0.2) is 34.5 Å². The fraction of sp³-hybridized carbons (Fsp3) is 0.500. The summed E-state index contributed by atoms with van der Waals surface area (Å²) in [5, 5.41) is 0. The van der Waals surface area contributed by atoms with Crippen LogP contribution in [0, 0.1) is 5.41 Å². The Kier molecular flexibility index (Phi) is 5.49. The molecule has 1 aromatic carbocycles. The first-order valence-corrected chi connectivity index (χ1v) is 10.6. The zero-order chi connectivity index (χ0) is 19.6. The van der Waals surface area contributed by atoms with Crippen molar-refractivity contribution in [2.75, 3.05) is 6.61 Å². The van der Waals surface area contributed by atoms with Crippen molar-refractivity contribution in [3.8, 4) is 0 Å². The molecule has 0 N–H and O–H groups in total. The van der Waals surface area contributed by atoms with Crippen LogP contribution in [0.15, 0.2) is 48.7 Å². The third kappa shape index (κ3) is 3.46. The molecule has 2 fully saturated rings. The van der Waals surface area contributed by atoms with Gasteiger partial charge in [-0.25, -0.2) is 0 Å². The van der Waals surface area contributed by atoms with E-state index >= 15 is 0 Å². The van der Waals surface area contributed by atoms with Gasteiger partial charge >= 0.3 is 5.97 Å². The molecule has 0 spiro atoms. The molecule has 0 unspecified atom stereocenters. The first-order chi connectivity index (χ1) is 13.7. The molecule has 4 nitrogen and oxygen atoms in total. The van der Waals surface area contributed by atoms with Gasteiger partial charge in [0, 0.05) is 24.8 Å². The van der Waals surface area contributed by atoms with Crippen molar-refractivity contribution in [3.63, 3.8) is 0 Å². The lowest BCUT2D eigenvalue weighted by atomic mass is 9.70. The zero-order valence-electron chi connectivity index (χ0n) is 16.9. The average molecular weight is 379 g/mol. The highest BCUT2D eigenvalue weighted by Crippen LogP contribution is 2.52. The lowest BCUT2D eigenvalue weighted by Crippen LogP contribution is -2.46. The van der Waals surface area contributed by atoms with E-state index in [1.165, 1.54) is 11.1 Å². The Bertz CT molecular complexity index is 805. The number of rotatable bonds is 7. The molecule has 2 aliphatic rings. The van der Waals surface area contributed by atoms with Crippen molar-refractivity contribution in [1.82, 2.24) is 9.88 Å². The summed E-state index contributed by atoms with van der Waals surface area (Å²) in [6.45, 7) is 5.30. The maximum atomic E-state index is 13.2. The summed E-state index contributed by atoms with van der Waals surface area (Å²) in [5.74, 6) is -0.0228. The largest absolute Gasteiger partial charge is 0.466 e. The number of carbonyl (C=O) groups excluding carboxylic acids is 1. The molecule has 3 heterocycles. The number of aryl methyl sites for hydroxylation is 1. The Hall–Kier alpha value is -2.20. The smallest absolute Gasteiger partial charge is 0.314 e. The van der Waals surface area contributed by atoms with Crippen molar-refractivity contribution < 1.29 is 9.53 Å². The third-order valence-electron chi connectivity index (χ3n) is 6.56. The van der Waals surface area contributed by atoms with E-state index in [0.717, 1.165) is 44.3 Å². The summed E-state index contributed by atoms with van der Waals surface area (Å²) < 4.78 is 5.60. The second kappa shape index (κ2) is 8.04. The maximum Gasteiger partial charge on any atom is 0.314 e. The van der Waals surface area contributed by atoms with Crippen molar-refractivity contribution in [1.29, 1.82) is 0 Å². The number of nitrogens with zero attached hydrogens (tertiary/aromatic N) is 2. The van der Waals surface area contributed by atoms with Crippen LogP contribution in [0.2, 0.25) is 0 Å². The average Bonchev–Trinajstić information content (AvgIpc) is 3.24. The van der Waals surface area contributed by atoms with Gasteiger partial charge < -0.3 is 4.74 Å². The van der Waals surface area contributed by atoms with Gasteiger partial charge in [0.25, 0.3) is 0 Å². The van der Waals surface area contributed by atoms with Gasteiger partial charge in [-0.15, -0.1) is 0 Å². The molecule has 0 saturated carbocycles. The number of ether oxygens (including phenoxy) is 1. The number of aromatic nitrogens is 1.